The SMILES string of the molecule is O=C(O)c1ccc(F)c(Cl)c1NC(=O)C(F)(F)F. The van der Waals surface area contributed by atoms with Crippen LogP contribution in [-0.2, 0) is 4.79 Å². The van der Waals surface area contributed by atoms with E-state index in [1.807, 2.05) is 0 Å². The first kappa shape index (κ1) is 14.2. The maximum Gasteiger partial charge on any atom is 0.471 e. The Kier molecular flexibility index (Phi) is 3.80. The Balaban J connectivity index is 3.26. The Morgan fingerprint density at radius 1 is 1.28 bits per heavy atom. The first-order valence-electron chi connectivity index (χ1n) is 4.24. The minimum absolute atomic E-state index is 0.662. The number of carbonyl (C=O) groups excluding carboxylic acids is 1. The fraction of sp³-hybridized carbons (Fsp3) is 0.111. The topological polar surface area (TPSA) is 66.4 Å². The Morgan fingerprint density at radius 2 is 1.83 bits per heavy atom. The normalized spacial score (nSPS) is 11.2. The zero-order valence-corrected chi connectivity index (χ0v) is 9.06. The van der Waals surface area contributed by atoms with E-state index in [4.69, 9.17) is 16.7 Å². The van der Waals surface area contributed by atoms with Gasteiger partial charge in [-0.15, -0.1) is 0 Å². The van der Waals surface area contributed by atoms with Crippen LogP contribution in [0, 0.1) is 5.82 Å². The van der Waals surface area contributed by atoms with E-state index < -0.39 is 40.1 Å². The summed E-state index contributed by atoms with van der Waals surface area (Å²) in [5.74, 6) is -5.26. The second kappa shape index (κ2) is 4.81. The van der Waals surface area contributed by atoms with Crippen molar-refractivity contribution in [2.24, 2.45) is 0 Å². The number of benzene rings is 1. The number of carboxylic acids is 1. The molecule has 0 aliphatic heterocycles. The Morgan fingerprint density at radius 3 is 2.28 bits per heavy atom. The molecule has 0 aliphatic carbocycles. The summed E-state index contributed by atoms with van der Waals surface area (Å²) in [5, 5.41) is 9.00. The number of hydrogen-bond donors (Lipinski definition) is 2. The highest BCUT2D eigenvalue weighted by molar-refractivity contribution is 6.34. The number of anilines is 1. The molecule has 0 aromatic heterocycles. The number of amides is 1. The number of carbonyl (C=O) groups is 2. The molecule has 98 valence electrons. The van der Waals surface area contributed by atoms with Crippen molar-refractivity contribution < 1.29 is 32.3 Å². The zero-order valence-electron chi connectivity index (χ0n) is 8.31. The molecule has 18 heavy (non-hydrogen) atoms. The Labute approximate surface area is 102 Å². The van der Waals surface area contributed by atoms with Crippen LogP contribution in [0.15, 0.2) is 12.1 Å². The molecule has 0 bridgehead atoms. The zero-order chi connectivity index (χ0) is 14.1. The standard InChI is InChI=1S/C9H4ClF4NO3/c10-5-4(11)2-1-3(7(16)17)6(5)15-8(18)9(12,13)14/h1-2H,(H,15,18)(H,16,17). The van der Waals surface area contributed by atoms with Crippen LogP contribution < -0.4 is 5.32 Å². The molecule has 2 N–H and O–H groups in total. The predicted octanol–water partition coefficient (Wildman–Crippen LogP) is 2.68. The van der Waals surface area contributed by atoms with Gasteiger partial charge >= 0.3 is 18.1 Å². The second-order valence-corrected chi connectivity index (χ2v) is 3.42. The van der Waals surface area contributed by atoms with Gasteiger partial charge in [0, 0.05) is 0 Å². The van der Waals surface area contributed by atoms with Gasteiger partial charge in [-0.2, -0.15) is 13.2 Å². The minimum atomic E-state index is -5.24. The summed E-state index contributed by atoms with van der Waals surface area (Å²) in [7, 11) is 0. The monoisotopic (exact) mass is 285 g/mol. The number of nitrogens with one attached hydrogen (secondary N) is 1. The fourth-order valence-corrected chi connectivity index (χ4v) is 1.25. The molecule has 1 aromatic carbocycles. The van der Waals surface area contributed by atoms with Crippen LogP contribution in [-0.4, -0.2) is 23.2 Å². The van der Waals surface area contributed by atoms with E-state index in [0.717, 1.165) is 0 Å². The van der Waals surface area contributed by atoms with Gasteiger partial charge in [0.15, 0.2) is 0 Å². The lowest BCUT2D eigenvalue weighted by Crippen LogP contribution is -2.30. The molecular formula is C9H4ClF4NO3. The summed E-state index contributed by atoms with van der Waals surface area (Å²) in [5.41, 5.74) is -1.69. The molecule has 1 amide bonds. The smallest absolute Gasteiger partial charge is 0.471 e. The van der Waals surface area contributed by atoms with E-state index in [9.17, 15) is 27.2 Å². The second-order valence-electron chi connectivity index (χ2n) is 3.04. The molecule has 1 rings (SSSR count). The van der Waals surface area contributed by atoms with Gasteiger partial charge in [0.25, 0.3) is 0 Å². The van der Waals surface area contributed by atoms with Crippen molar-refractivity contribution >= 4 is 29.2 Å². The van der Waals surface area contributed by atoms with Crippen molar-refractivity contribution in [1.29, 1.82) is 0 Å². The van der Waals surface area contributed by atoms with E-state index in [0.29, 0.717) is 12.1 Å². The van der Waals surface area contributed by atoms with Crippen LogP contribution in [0.25, 0.3) is 0 Å². The average Bonchev–Trinajstić information content (AvgIpc) is 2.23. The molecule has 0 heterocycles. The number of alkyl halides is 3. The lowest BCUT2D eigenvalue weighted by Gasteiger charge is -2.12. The summed E-state index contributed by atoms with van der Waals surface area (Å²) in [6.07, 6.45) is -5.24. The molecule has 0 fully saturated rings. The molecule has 0 aliphatic rings. The first-order chi connectivity index (χ1) is 8.14. The average molecular weight is 286 g/mol. The van der Waals surface area contributed by atoms with Crippen molar-refractivity contribution in [3.8, 4) is 0 Å². The third-order valence-electron chi connectivity index (χ3n) is 1.82. The van der Waals surface area contributed by atoms with Crippen LogP contribution in [0.1, 0.15) is 10.4 Å². The highest BCUT2D eigenvalue weighted by Crippen LogP contribution is 2.30. The fourth-order valence-electron chi connectivity index (χ4n) is 1.04. The van der Waals surface area contributed by atoms with Gasteiger partial charge in [-0.25, -0.2) is 9.18 Å². The molecule has 0 atom stereocenters. The highest BCUT2D eigenvalue weighted by atomic mass is 35.5. The largest absolute Gasteiger partial charge is 0.478 e. The minimum Gasteiger partial charge on any atom is -0.478 e. The molecule has 9 heteroatoms. The summed E-state index contributed by atoms with van der Waals surface area (Å²) < 4.78 is 49.0. The summed E-state index contributed by atoms with van der Waals surface area (Å²) in [6, 6.07) is 1.35. The third-order valence-corrected chi connectivity index (χ3v) is 2.19. The number of aromatic carboxylic acids is 1. The lowest BCUT2D eigenvalue weighted by atomic mass is 10.1. The van der Waals surface area contributed by atoms with Crippen LogP contribution in [0.4, 0.5) is 23.2 Å². The van der Waals surface area contributed by atoms with Crippen LogP contribution in [0.5, 0.6) is 0 Å². The maximum atomic E-state index is 13.0. The van der Waals surface area contributed by atoms with E-state index >= 15 is 0 Å². The summed E-state index contributed by atoms with van der Waals surface area (Å²) in [4.78, 5) is 21.4. The summed E-state index contributed by atoms with van der Waals surface area (Å²) >= 11 is 5.32. The van der Waals surface area contributed by atoms with Gasteiger partial charge in [-0.1, -0.05) is 11.6 Å². The van der Waals surface area contributed by atoms with Gasteiger partial charge in [0.05, 0.1) is 11.3 Å². The van der Waals surface area contributed by atoms with Crippen molar-refractivity contribution in [3.63, 3.8) is 0 Å². The van der Waals surface area contributed by atoms with Gasteiger partial charge in [0.1, 0.15) is 10.8 Å². The number of carboxylic acid groups (broad SMARTS) is 1. The molecule has 0 spiro atoms. The van der Waals surface area contributed by atoms with E-state index in [1.54, 1.807) is 0 Å². The number of halogens is 5. The van der Waals surface area contributed by atoms with E-state index in [2.05, 4.69) is 0 Å². The van der Waals surface area contributed by atoms with E-state index in [1.165, 1.54) is 5.32 Å². The van der Waals surface area contributed by atoms with Crippen LogP contribution >= 0.6 is 11.6 Å². The molecule has 1 aromatic rings. The molecule has 0 radical (unpaired) electrons. The van der Waals surface area contributed by atoms with Gasteiger partial charge < -0.3 is 10.4 Å². The molecule has 0 unspecified atom stereocenters. The maximum absolute atomic E-state index is 13.0. The Hall–Kier alpha value is -1.83. The quantitative estimate of drug-likeness (QED) is 0.821. The number of rotatable bonds is 2. The summed E-state index contributed by atoms with van der Waals surface area (Å²) in [6.45, 7) is 0. The molecule has 4 nitrogen and oxygen atoms in total. The Bertz CT molecular complexity index is 515. The molecule has 0 saturated heterocycles. The van der Waals surface area contributed by atoms with Gasteiger partial charge in [0.2, 0.25) is 0 Å². The van der Waals surface area contributed by atoms with Crippen molar-refractivity contribution in [3.05, 3.63) is 28.5 Å². The molecular weight excluding hydrogens is 282 g/mol. The van der Waals surface area contributed by atoms with Crippen molar-refractivity contribution in [2.45, 2.75) is 6.18 Å². The number of hydrogen-bond acceptors (Lipinski definition) is 2. The highest BCUT2D eigenvalue weighted by Gasteiger charge is 2.39. The predicted molar refractivity (Wildman–Crippen MR) is 53.1 cm³/mol. The van der Waals surface area contributed by atoms with E-state index in [-0.39, 0.29) is 0 Å². The van der Waals surface area contributed by atoms with Gasteiger partial charge in [-0.05, 0) is 12.1 Å². The van der Waals surface area contributed by atoms with Crippen LogP contribution in [0.3, 0.4) is 0 Å². The van der Waals surface area contributed by atoms with Gasteiger partial charge in [-0.3, -0.25) is 4.79 Å². The lowest BCUT2D eigenvalue weighted by molar-refractivity contribution is -0.167. The third kappa shape index (κ3) is 2.89. The van der Waals surface area contributed by atoms with Crippen molar-refractivity contribution in [1.82, 2.24) is 0 Å². The molecule has 0 saturated carbocycles. The van der Waals surface area contributed by atoms with Crippen molar-refractivity contribution in [2.75, 3.05) is 5.32 Å². The van der Waals surface area contributed by atoms with Crippen LogP contribution in [0.2, 0.25) is 5.02 Å². The first-order valence-corrected chi connectivity index (χ1v) is 4.62.